The molecule has 2 rings (SSSR count). The van der Waals surface area contributed by atoms with E-state index < -0.39 is 4.92 Å². The van der Waals surface area contributed by atoms with Gasteiger partial charge < -0.3 is 10.1 Å². The van der Waals surface area contributed by atoms with E-state index in [2.05, 4.69) is 24.4 Å². The number of aryl methyl sites for hydroxylation is 1. The highest BCUT2D eigenvalue weighted by atomic mass is 32.1. The Morgan fingerprint density at radius 2 is 2.05 bits per heavy atom. The van der Waals surface area contributed by atoms with Crippen molar-refractivity contribution >= 4 is 22.7 Å². The number of benzene rings is 1. The zero-order valence-electron chi connectivity index (χ0n) is 11.4. The molecule has 0 saturated carbocycles. The van der Waals surface area contributed by atoms with Crippen LogP contribution in [0.5, 0.6) is 5.75 Å². The number of nitro benzene ring substituents is 1. The molecule has 0 fully saturated rings. The Morgan fingerprint density at radius 1 is 1.30 bits per heavy atom. The number of nitrogens with zero attached hydrogens (tertiary/aromatic N) is 1. The maximum atomic E-state index is 10.8. The van der Waals surface area contributed by atoms with E-state index in [1.807, 2.05) is 0 Å². The molecule has 0 spiro atoms. The Labute approximate surface area is 121 Å². The number of hydrogen-bond acceptors (Lipinski definition) is 5. The van der Waals surface area contributed by atoms with E-state index in [4.69, 9.17) is 4.74 Å². The Kier molecular flexibility index (Phi) is 4.57. The van der Waals surface area contributed by atoms with Gasteiger partial charge >= 0.3 is 0 Å². The van der Waals surface area contributed by atoms with E-state index in [0.29, 0.717) is 18.0 Å². The quantitative estimate of drug-likeness (QED) is 0.649. The van der Waals surface area contributed by atoms with E-state index in [1.54, 1.807) is 24.5 Å². The number of non-ortho nitro benzene ring substituents is 1. The van der Waals surface area contributed by atoms with Gasteiger partial charge in [-0.25, -0.2) is 0 Å². The number of anilines is 1. The van der Waals surface area contributed by atoms with Crippen LogP contribution >= 0.6 is 11.3 Å². The van der Waals surface area contributed by atoms with Crippen molar-refractivity contribution in [2.75, 3.05) is 12.4 Å². The fourth-order valence-electron chi connectivity index (χ4n) is 1.84. The van der Waals surface area contributed by atoms with Gasteiger partial charge in [0.2, 0.25) is 0 Å². The molecule has 1 aromatic heterocycles. The predicted molar refractivity (Wildman–Crippen MR) is 80.7 cm³/mol. The number of nitro groups is 1. The largest absolute Gasteiger partial charge is 0.495 e. The number of hydrogen-bond donors (Lipinski definition) is 1. The van der Waals surface area contributed by atoms with Crippen LogP contribution in [0.3, 0.4) is 0 Å². The monoisotopic (exact) mass is 292 g/mol. The molecule has 0 bridgehead atoms. The molecule has 20 heavy (non-hydrogen) atoms. The van der Waals surface area contributed by atoms with Crippen molar-refractivity contribution in [3.63, 3.8) is 0 Å². The van der Waals surface area contributed by atoms with Gasteiger partial charge in [-0.2, -0.15) is 0 Å². The Bertz CT molecular complexity index is 610. The van der Waals surface area contributed by atoms with Gasteiger partial charge in [0.25, 0.3) is 5.69 Å². The van der Waals surface area contributed by atoms with E-state index >= 15 is 0 Å². The lowest BCUT2D eigenvalue weighted by molar-refractivity contribution is -0.384. The van der Waals surface area contributed by atoms with Crippen LogP contribution < -0.4 is 10.1 Å². The van der Waals surface area contributed by atoms with Crippen molar-refractivity contribution in [1.82, 2.24) is 0 Å². The van der Waals surface area contributed by atoms with Crippen LogP contribution in [0.4, 0.5) is 11.4 Å². The third-order valence-corrected chi connectivity index (χ3v) is 4.14. The van der Waals surface area contributed by atoms with E-state index in [9.17, 15) is 10.1 Å². The maximum absolute atomic E-state index is 10.8. The second kappa shape index (κ2) is 6.38. The SMILES string of the molecule is CCc1ccc(CNc2cc([N+](=O)[O-])ccc2OC)s1. The molecular weight excluding hydrogens is 276 g/mol. The number of nitrogens with one attached hydrogen (secondary N) is 1. The molecule has 1 N–H and O–H groups in total. The summed E-state index contributed by atoms with van der Waals surface area (Å²) < 4.78 is 5.21. The second-order valence-electron chi connectivity index (χ2n) is 4.22. The molecule has 0 aliphatic heterocycles. The molecular formula is C14H16N2O3S. The zero-order valence-corrected chi connectivity index (χ0v) is 12.2. The molecule has 2 aromatic rings. The summed E-state index contributed by atoms with van der Waals surface area (Å²) in [7, 11) is 1.55. The summed E-state index contributed by atoms with van der Waals surface area (Å²) in [5, 5.41) is 14.0. The lowest BCUT2D eigenvalue weighted by atomic mass is 10.2. The first kappa shape index (κ1) is 14.3. The molecule has 6 heteroatoms. The van der Waals surface area contributed by atoms with Crippen LogP contribution in [0.25, 0.3) is 0 Å². The van der Waals surface area contributed by atoms with Gasteiger partial charge in [0.05, 0.1) is 17.7 Å². The minimum atomic E-state index is -0.412. The minimum absolute atomic E-state index is 0.0497. The van der Waals surface area contributed by atoms with Crippen molar-refractivity contribution in [3.8, 4) is 5.75 Å². The lowest BCUT2D eigenvalue weighted by Crippen LogP contribution is -2.01. The molecule has 0 aliphatic carbocycles. The molecule has 1 heterocycles. The molecule has 1 aromatic carbocycles. The standard InChI is InChI=1S/C14H16N2O3S/c1-3-11-5-6-12(20-11)9-15-13-8-10(16(17)18)4-7-14(13)19-2/h4-8,15H,3,9H2,1-2H3. The summed E-state index contributed by atoms with van der Waals surface area (Å²) in [6.45, 7) is 2.74. The van der Waals surface area contributed by atoms with E-state index in [-0.39, 0.29) is 5.69 Å². The molecule has 0 atom stereocenters. The van der Waals surface area contributed by atoms with Crippen molar-refractivity contribution in [2.24, 2.45) is 0 Å². The van der Waals surface area contributed by atoms with Gasteiger partial charge in [0.15, 0.2) is 0 Å². The summed E-state index contributed by atoms with van der Waals surface area (Å²) in [5.41, 5.74) is 0.682. The Morgan fingerprint density at radius 3 is 2.65 bits per heavy atom. The van der Waals surface area contributed by atoms with Crippen LogP contribution in [-0.4, -0.2) is 12.0 Å². The molecule has 0 aliphatic rings. The van der Waals surface area contributed by atoms with Crippen LogP contribution in [0.2, 0.25) is 0 Å². The maximum Gasteiger partial charge on any atom is 0.271 e. The van der Waals surface area contributed by atoms with Crippen LogP contribution in [0, 0.1) is 10.1 Å². The summed E-state index contributed by atoms with van der Waals surface area (Å²) in [5.74, 6) is 0.600. The molecule has 0 radical (unpaired) electrons. The van der Waals surface area contributed by atoms with Crippen molar-refractivity contribution in [1.29, 1.82) is 0 Å². The highest BCUT2D eigenvalue weighted by molar-refractivity contribution is 7.12. The molecule has 5 nitrogen and oxygen atoms in total. The topological polar surface area (TPSA) is 64.4 Å². The third kappa shape index (κ3) is 3.27. The van der Waals surface area contributed by atoms with Gasteiger partial charge in [-0.05, 0) is 24.6 Å². The zero-order chi connectivity index (χ0) is 14.5. The van der Waals surface area contributed by atoms with Crippen molar-refractivity contribution < 1.29 is 9.66 Å². The molecule has 0 amide bonds. The first-order valence-corrected chi connectivity index (χ1v) is 7.09. The first-order valence-electron chi connectivity index (χ1n) is 6.28. The smallest absolute Gasteiger partial charge is 0.271 e. The lowest BCUT2D eigenvalue weighted by Gasteiger charge is -2.10. The van der Waals surface area contributed by atoms with E-state index in [1.165, 1.54) is 21.9 Å². The van der Waals surface area contributed by atoms with Gasteiger partial charge in [-0.1, -0.05) is 6.92 Å². The van der Waals surface area contributed by atoms with Gasteiger partial charge in [0, 0.05) is 28.4 Å². The summed E-state index contributed by atoms with van der Waals surface area (Å²) in [6.07, 6.45) is 1.02. The highest BCUT2D eigenvalue weighted by Crippen LogP contribution is 2.29. The first-order chi connectivity index (χ1) is 9.63. The Hall–Kier alpha value is -2.08. The summed E-state index contributed by atoms with van der Waals surface area (Å²) in [6, 6.07) is 8.70. The van der Waals surface area contributed by atoms with Crippen molar-refractivity contribution in [2.45, 2.75) is 19.9 Å². The average molecular weight is 292 g/mol. The summed E-state index contributed by atoms with van der Waals surface area (Å²) in [4.78, 5) is 12.9. The van der Waals surface area contributed by atoms with Gasteiger partial charge in [0.1, 0.15) is 5.75 Å². The predicted octanol–water partition coefficient (Wildman–Crippen LogP) is 3.84. The summed E-state index contributed by atoms with van der Waals surface area (Å²) >= 11 is 1.74. The number of rotatable bonds is 6. The van der Waals surface area contributed by atoms with Gasteiger partial charge in [-0.15, -0.1) is 11.3 Å². The average Bonchev–Trinajstić information content (AvgIpc) is 2.92. The third-order valence-electron chi connectivity index (χ3n) is 2.91. The number of thiophene rings is 1. The molecule has 0 unspecified atom stereocenters. The van der Waals surface area contributed by atoms with Gasteiger partial charge in [-0.3, -0.25) is 10.1 Å². The number of methoxy groups -OCH3 is 1. The van der Waals surface area contributed by atoms with Crippen molar-refractivity contribution in [3.05, 3.63) is 50.2 Å². The number of ether oxygens (including phenoxy) is 1. The normalized spacial score (nSPS) is 10.3. The minimum Gasteiger partial charge on any atom is -0.495 e. The van der Waals surface area contributed by atoms with Crippen LogP contribution in [0.1, 0.15) is 16.7 Å². The fourth-order valence-corrected chi connectivity index (χ4v) is 2.73. The van der Waals surface area contributed by atoms with E-state index in [0.717, 1.165) is 6.42 Å². The molecule has 106 valence electrons. The highest BCUT2D eigenvalue weighted by Gasteiger charge is 2.11. The second-order valence-corrected chi connectivity index (χ2v) is 5.47. The van der Waals surface area contributed by atoms with Crippen LogP contribution in [-0.2, 0) is 13.0 Å². The Balaban J connectivity index is 2.14. The molecule has 0 saturated heterocycles. The fraction of sp³-hybridized carbons (Fsp3) is 0.286. The van der Waals surface area contributed by atoms with Crippen LogP contribution in [0.15, 0.2) is 30.3 Å².